The predicted octanol–water partition coefficient (Wildman–Crippen LogP) is 2.40. The Kier molecular flexibility index (Phi) is 4.98. The van der Waals surface area contributed by atoms with Crippen LogP contribution in [-0.4, -0.2) is 28.8 Å². The van der Waals surface area contributed by atoms with Crippen LogP contribution in [0.3, 0.4) is 0 Å². The minimum Gasteiger partial charge on any atom is -0.481 e. The summed E-state index contributed by atoms with van der Waals surface area (Å²) in [7, 11) is 0. The highest BCUT2D eigenvalue weighted by Crippen LogP contribution is 2.23. The van der Waals surface area contributed by atoms with Gasteiger partial charge in [0.1, 0.15) is 5.60 Å². The molecule has 0 bridgehead atoms. The quantitative estimate of drug-likeness (QED) is 0.797. The highest BCUT2D eigenvalue weighted by atomic mass is 16.6. The lowest BCUT2D eigenvalue weighted by atomic mass is 9.83. The number of nitrogens with one attached hydrogen (secondary N) is 1. The van der Waals surface area contributed by atoms with Gasteiger partial charge in [0.25, 0.3) is 0 Å². The first kappa shape index (κ1) is 15.7. The van der Waals surface area contributed by atoms with E-state index in [0.29, 0.717) is 6.42 Å². The van der Waals surface area contributed by atoms with E-state index in [-0.39, 0.29) is 0 Å². The van der Waals surface area contributed by atoms with Crippen LogP contribution in [0.4, 0.5) is 4.79 Å². The lowest BCUT2D eigenvalue weighted by Crippen LogP contribution is -2.49. The van der Waals surface area contributed by atoms with E-state index in [9.17, 15) is 9.59 Å². The molecule has 0 aromatic rings. The first-order valence-electron chi connectivity index (χ1n) is 5.73. The number of hydrogen-bond acceptors (Lipinski definition) is 3. The summed E-state index contributed by atoms with van der Waals surface area (Å²) in [4.78, 5) is 22.7. The van der Waals surface area contributed by atoms with Gasteiger partial charge < -0.3 is 15.2 Å². The highest BCUT2D eigenvalue weighted by Gasteiger charge is 2.37. The molecule has 5 heteroatoms. The first-order chi connectivity index (χ1) is 7.50. The lowest BCUT2D eigenvalue weighted by Gasteiger charge is -2.31. The van der Waals surface area contributed by atoms with Gasteiger partial charge in [0.15, 0.2) is 0 Å². The van der Waals surface area contributed by atoms with Crippen molar-refractivity contribution in [3.05, 3.63) is 0 Å². The van der Waals surface area contributed by atoms with Crippen molar-refractivity contribution in [3.63, 3.8) is 0 Å². The van der Waals surface area contributed by atoms with Gasteiger partial charge in [0, 0.05) is 6.04 Å². The van der Waals surface area contributed by atoms with E-state index in [1.165, 1.54) is 0 Å². The third kappa shape index (κ3) is 5.06. The second-order valence-corrected chi connectivity index (χ2v) is 5.63. The number of carboxylic acids is 1. The predicted molar refractivity (Wildman–Crippen MR) is 64.9 cm³/mol. The van der Waals surface area contributed by atoms with Gasteiger partial charge in [-0.3, -0.25) is 4.79 Å². The Balaban J connectivity index is 4.62. The molecule has 17 heavy (non-hydrogen) atoms. The van der Waals surface area contributed by atoms with Crippen LogP contribution < -0.4 is 5.32 Å². The summed E-state index contributed by atoms with van der Waals surface area (Å²) in [6, 6.07) is -0.463. The molecule has 1 amide bonds. The molecule has 2 N–H and O–H groups in total. The molecule has 5 nitrogen and oxygen atoms in total. The number of alkyl carbamates (subject to hydrolysis) is 1. The summed E-state index contributed by atoms with van der Waals surface area (Å²) >= 11 is 0. The molecule has 0 aliphatic rings. The summed E-state index contributed by atoms with van der Waals surface area (Å²) in [5.41, 5.74) is -1.61. The molecule has 0 aliphatic carbocycles. The molecule has 0 saturated carbocycles. The van der Waals surface area contributed by atoms with Crippen molar-refractivity contribution in [1.82, 2.24) is 5.32 Å². The molecule has 1 atom stereocenters. The lowest BCUT2D eigenvalue weighted by molar-refractivity contribution is -0.148. The molecular formula is C12H23NO4. The molecule has 0 fully saturated rings. The second-order valence-electron chi connectivity index (χ2n) is 5.63. The topological polar surface area (TPSA) is 75.6 Å². The van der Waals surface area contributed by atoms with E-state index in [1.54, 1.807) is 34.6 Å². The Morgan fingerprint density at radius 3 is 2.00 bits per heavy atom. The van der Waals surface area contributed by atoms with Gasteiger partial charge in [0.2, 0.25) is 0 Å². The fourth-order valence-electron chi connectivity index (χ4n) is 1.39. The van der Waals surface area contributed by atoms with Crippen LogP contribution in [0.25, 0.3) is 0 Å². The third-order valence-electron chi connectivity index (χ3n) is 2.52. The van der Waals surface area contributed by atoms with Crippen molar-refractivity contribution in [2.75, 3.05) is 0 Å². The Bertz CT molecular complexity index is 291. The zero-order valence-corrected chi connectivity index (χ0v) is 11.5. The minimum atomic E-state index is -1.02. The Labute approximate surface area is 103 Å². The number of carbonyl (C=O) groups is 2. The number of carbonyl (C=O) groups excluding carboxylic acids is 1. The van der Waals surface area contributed by atoms with Gasteiger partial charge in [-0.2, -0.15) is 0 Å². The van der Waals surface area contributed by atoms with Crippen LogP contribution in [0, 0.1) is 5.41 Å². The van der Waals surface area contributed by atoms with Gasteiger partial charge in [-0.25, -0.2) is 4.79 Å². The standard InChI is InChI=1S/C12H23NO4/c1-7-8(12(5,6)9(14)15)13-10(16)17-11(2,3)4/h8H,7H2,1-6H3,(H,13,16)(H,14,15). The smallest absolute Gasteiger partial charge is 0.407 e. The summed E-state index contributed by atoms with van der Waals surface area (Å²) in [5.74, 6) is -0.944. The van der Waals surface area contributed by atoms with Gasteiger partial charge in [-0.1, -0.05) is 6.92 Å². The van der Waals surface area contributed by atoms with E-state index in [2.05, 4.69) is 5.32 Å². The Morgan fingerprint density at radius 1 is 1.24 bits per heavy atom. The zero-order chi connectivity index (χ0) is 13.9. The molecule has 1 unspecified atom stereocenters. The largest absolute Gasteiger partial charge is 0.481 e. The SMILES string of the molecule is CCC(NC(=O)OC(C)(C)C)C(C)(C)C(=O)O. The number of hydrogen-bond donors (Lipinski definition) is 2. The monoisotopic (exact) mass is 245 g/mol. The molecule has 0 saturated heterocycles. The molecular weight excluding hydrogens is 222 g/mol. The first-order valence-corrected chi connectivity index (χ1v) is 5.73. The van der Waals surface area contributed by atoms with E-state index in [0.717, 1.165) is 0 Å². The van der Waals surface area contributed by atoms with Crippen LogP contribution in [0.1, 0.15) is 48.0 Å². The Hall–Kier alpha value is -1.26. The van der Waals surface area contributed by atoms with Crippen LogP contribution in [0.2, 0.25) is 0 Å². The van der Waals surface area contributed by atoms with Crippen molar-refractivity contribution in [3.8, 4) is 0 Å². The number of aliphatic carboxylic acids is 1. The fourth-order valence-corrected chi connectivity index (χ4v) is 1.39. The van der Waals surface area contributed by atoms with E-state index in [1.807, 2.05) is 6.92 Å². The van der Waals surface area contributed by atoms with Gasteiger partial charge >= 0.3 is 12.1 Å². The summed E-state index contributed by atoms with van der Waals surface area (Å²) < 4.78 is 5.10. The molecule has 0 radical (unpaired) electrons. The van der Waals surface area contributed by atoms with Crippen molar-refractivity contribution < 1.29 is 19.4 Å². The van der Waals surface area contributed by atoms with Crippen molar-refractivity contribution in [1.29, 1.82) is 0 Å². The molecule has 100 valence electrons. The maximum atomic E-state index is 11.6. The average Bonchev–Trinajstić information content (AvgIpc) is 2.10. The minimum absolute atomic E-state index is 0.463. The van der Waals surface area contributed by atoms with Crippen LogP contribution in [0.5, 0.6) is 0 Å². The van der Waals surface area contributed by atoms with Gasteiger partial charge in [-0.05, 0) is 41.0 Å². The third-order valence-corrected chi connectivity index (χ3v) is 2.52. The molecule has 0 spiro atoms. The number of amides is 1. The molecule has 0 heterocycles. The number of ether oxygens (including phenoxy) is 1. The second kappa shape index (κ2) is 5.38. The zero-order valence-electron chi connectivity index (χ0n) is 11.5. The van der Waals surface area contributed by atoms with Crippen molar-refractivity contribution >= 4 is 12.1 Å². The molecule has 0 rings (SSSR count). The Morgan fingerprint density at radius 2 is 1.71 bits per heavy atom. The molecule has 0 aliphatic heterocycles. The number of carboxylic acid groups (broad SMARTS) is 1. The normalized spacial score (nSPS) is 14.0. The molecule has 0 aromatic carbocycles. The summed E-state index contributed by atoms with van der Waals surface area (Å²) in [6.45, 7) is 10.3. The fraction of sp³-hybridized carbons (Fsp3) is 0.833. The van der Waals surface area contributed by atoms with Crippen molar-refractivity contribution in [2.24, 2.45) is 5.41 Å². The van der Waals surface area contributed by atoms with Gasteiger partial charge in [0.05, 0.1) is 5.41 Å². The maximum Gasteiger partial charge on any atom is 0.407 e. The highest BCUT2D eigenvalue weighted by molar-refractivity contribution is 5.76. The van der Waals surface area contributed by atoms with Gasteiger partial charge in [-0.15, -0.1) is 0 Å². The summed E-state index contributed by atoms with van der Waals surface area (Å²) in [6.07, 6.45) is -0.0582. The maximum absolute atomic E-state index is 11.6. The molecule has 0 aromatic heterocycles. The van der Waals surface area contributed by atoms with Crippen LogP contribution >= 0.6 is 0 Å². The van der Waals surface area contributed by atoms with E-state index in [4.69, 9.17) is 9.84 Å². The van der Waals surface area contributed by atoms with E-state index < -0.39 is 29.1 Å². The summed E-state index contributed by atoms with van der Waals surface area (Å²) in [5, 5.41) is 11.7. The number of rotatable bonds is 4. The van der Waals surface area contributed by atoms with Crippen molar-refractivity contribution in [2.45, 2.75) is 59.6 Å². The van der Waals surface area contributed by atoms with Crippen LogP contribution in [-0.2, 0) is 9.53 Å². The van der Waals surface area contributed by atoms with E-state index >= 15 is 0 Å². The average molecular weight is 245 g/mol. The van der Waals surface area contributed by atoms with Crippen LogP contribution in [0.15, 0.2) is 0 Å².